The van der Waals surface area contributed by atoms with Gasteiger partial charge in [0, 0.05) is 12.0 Å². The fraction of sp³-hybridized carbons (Fsp3) is 0.600. The monoisotopic (exact) mass is 266 g/mol. The molecule has 1 aromatic carbocycles. The summed E-state index contributed by atoms with van der Waals surface area (Å²) in [6, 6.07) is 8.26. The first kappa shape index (κ1) is 14.3. The highest BCUT2D eigenvalue weighted by Crippen LogP contribution is 2.15. The second-order valence-corrected chi connectivity index (χ2v) is 5.06. The van der Waals surface area contributed by atoms with Crippen LogP contribution in [0.4, 0.5) is 0 Å². The van der Waals surface area contributed by atoms with Crippen molar-refractivity contribution in [2.45, 2.75) is 13.0 Å². The van der Waals surface area contributed by atoms with E-state index in [0.29, 0.717) is 0 Å². The zero-order valence-corrected chi connectivity index (χ0v) is 11.9. The minimum atomic E-state index is 0.931. The second-order valence-electron chi connectivity index (χ2n) is 5.06. The summed E-state index contributed by atoms with van der Waals surface area (Å²) in [6.45, 7) is 7.66. The van der Waals surface area contributed by atoms with Gasteiger partial charge in [0.15, 0.2) is 0 Å². The van der Waals surface area contributed by atoms with E-state index in [4.69, 9.17) is 9.47 Å². The van der Waals surface area contributed by atoms with E-state index in [1.165, 1.54) is 38.2 Å². The van der Waals surface area contributed by atoms with E-state index >= 15 is 0 Å². The van der Waals surface area contributed by atoms with Gasteiger partial charge in [-0.25, -0.2) is 0 Å². The molecule has 0 aliphatic carbocycles. The average molecular weight is 266 g/mol. The third kappa shape index (κ3) is 4.82. The molecule has 1 heterocycles. The smallest absolute Gasteiger partial charge is 0.127 e. The lowest BCUT2D eigenvalue weighted by atomic mass is 10.2. The summed E-state index contributed by atoms with van der Waals surface area (Å²) in [5.74, 6) is 0.998. The highest BCUT2D eigenvalue weighted by Gasteiger charge is 2.13. The third-order valence-electron chi connectivity index (χ3n) is 3.70. The van der Waals surface area contributed by atoms with Crippen molar-refractivity contribution in [3.05, 3.63) is 29.8 Å². The number of quaternary nitrogens is 2. The van der Waals surface area contributed by atoms with Gasteiger partial charge in [0.2, 0.25) is 0 Å². The first-order chi connectivity index (χ1) is 9.40. The maximum absolute atomic E-state index is 5.37. The van der Waals surface area contributed by atoms with E-state index in [-0.39, 0.29) is 0 Å². The Balaban J connectivity index is 1.61. The molecule has 1 fully saturated rings. The number of nitrogens with two attached hydrogens (primary N) is 1. The van der Waals surface area contributed by atoms with E-state index in [9.17, 15) is 0 Å². The van der Waals surface area contributed by atoms with Crippen LogP contribution in [-0.4, -0.2) is 46.5 Å². The van der Waals surface area contributed by atoms with Crippen LogP contribution >= 0.6 is 0 Å². The van der Waals surface area contributed by atoms with E-state index in [0.717, 1.165) is 25.5 Å². The minimum Gasteiger partial charge on any atom is -0.496 e. The van der Waals surface area contributed by atoms with Crippen molar-refractivity contribution in [1.29, 1.82) is 0 Å². The van der Waals surface area contributed by atoms with Crippen LogP contribution < -0.4 is 15.0 Å². The first-order valence-corrected chi connectivity index (χ1v) is 7.25. The molecule has 19 heavy (non-hydrogen) atoms. The Bertz CT molecular complexity index is 365. The topological polar surface area (TPSA) is 39.5 Å². The molecule has 0 unspecified atom stereocenters. The molecule has 4 heteroatoms. The number of morpholine rings is 1. The van der Waals surface area contributed by atoms with Crippen LogP contribution in [0.3, 0.4) is 0 Å². The number of methoxy groups -OCH3 is 1. The number of para-hydroxylation sites is 1. The molecular formula is C15H26N2O2+2. The normalized spacial score (nSPS) is 16.5. The van der Waals surface area contributed by atoms with Gasteiger partial charge in [0.1, 0.15) is 25.4 Å². The largest absolute Gasteiger partial charge is 0.496 e. The van der Waals surface area contributed by atoms with Crippen molar-refractivity contribution in [2.75, 3.05) is 46.5 Å². The molecule has 1 aliphatic heterocycles. The average Bonchev–Trinajstić information content (AvgIpc) is 2.48. The van der Waals surface area contributed by atoms with Crippen LogP contribution in [0.5, 0.6) is 5.75 Å². The summed E-state index contributed by atoms with van der Waals surface area (Å²) in [5.41, 5.74) is 1.28. The summed E-state index contributed by atoms with van der Waals surface area (Å²) >= 11 is 0. The van der Waals surface area contributed by atoms with Crippen LogP contribution in [0, 0.1) is 0 Å². The fourth-order valence-electron chi connectivity index (χ4n) is 2.54. The van der Waals surface area contributed by atoms with Crippen molar-refractivity contribution in [1.82, 2.24) is 0 Å². The van der Waals surface area contributed by atoms with Gasteiger partial charge in [-0.15, -0.1) is 0 Å². The summed E-state index contributed by atoms with van der Waals surface area (Å²) in [4.78, 5) is 1.69. The number of nitrogens with one attached hydrogen (secondary N) is 1. The summed E-state index contributed by atoms with van der Waals surface area (Å²) in [7, 11) is 1.74. The number of ether oxygens (including phenoxy) is 2. The molecular weight excluding hydrogens is 240 g/mol. The van der Waals surface area contributed by atoms with Gasteiger partial charge in [-0.05, 0) is 12.1 Å². The first-order valence-electron chi connectivity index (χ1n) is 7.25. The van der Waals surface area contributed by atoms with E-state index in [1.54, 1.807) is 12.0 Å². The van der Waals surface area contributed by atoms with Crippen LogP contribution in [0.15, 0.2) is 24.3 Å². The molecule has 3 N–H and O–H groups in total. The summed E-state index contributed by atoms with van der Waals surface area (Å²) in [5, 5.41) is 2.37. The molecule has 0 bridgehead atoms. The van der Waals surface area contributed by atoms with Gasteiger partial charge in [0.05, 0.1) is 33.4 Å². The van der Waals surface area contributed by atoms with Crippen LogP contribution in [-0.2, 0) is 11.3 Å². The molecule has 1 aliphatic rings. The number of hydrogen-bond donors (Lipinski definition) is 2. The van der Waals surface area contributed by atoms with Crippen molar-refractivity contribution in [3.63, 3.8) is 0 Å². The molecule has 4 nitrogen and oxygen atoms in total. The standard InChI is InChI=1S/C15H24N2O2/c1-18-15-6-3-2-5-14(15)13-16-7-4-8-17-9-11-19-12-10-17/h2-3,5-6,16H,4,7-13H2,1H3/p+2. The lowest BCUT2D eigenvalue weighted by Gasteiger charge is -2.23. The highest BCUT2D eigenvalue weighted by molar-refractivity contribution is 5.32. The highest BCUT2D eigenvalue weighted by atomic mass is 16.5. The second kappa shape index (κ2) is 8.15. The number of benzene rings is 1. The molecule has 0 atom stereocenters. The maximum atomic E-state index is 5.37. The SMILES string of the molecule is COc1ccccc1C[NH2+]CCC[NH+]1CCOCC1. The molecule has 1 saturated heterocycles. The van der Waals surface area contributed by atoms with Gasteiger partial charge in [-0.2, -0.15) is 0 Å². The Hall–Kier alpha value is -1.10. The molecule has 0 saturated carbocycles. The van der Waals surface area contributed by atoms with Crippen molar-refractivity contribution < 1.29 is 19.7 Å². The van der Waals surface area contributed by atoms with Crippen LogP contribution in [0.2, 0.25) is 0 Å². The predicted octanol–water partition coefficient (Wildman–Crippen LogP) is -0.936. The van der Waals surface area contributed by atoms with E-state index in [1.807, 2.05) is 12.1 Å². The Labute approximate surface area is 115 Å². The van der Waals surface area contributed by atoms with Crippen molar-refractivity contribution >= 4 is 0 Å². The van der Waals surface area contributed by atoms with Gasteiger partial charge >= 0.3 is 0 Å². The zero-order valence-electron chi connectivity index (χ0n) is 11.9. The number of hydrogen-bond acceptors (Lipinski definition) is 2. The van der Waals surface area contributed by atoms with Gasteiger partial charge in [-0.1, -0.05) is 12.1 Å². The third-order valence-corrected chi connectivity index (χ3v) is 3.70. The summed E-state index contributed by atoms with van der Waals surface area (Å²) in [6.07, 6.45) is 1.27. The molecule has 2 rings (SSSR count). The molecule has 0 amide bonds. The van der Waals surface area contributed by atoms with E-state index in [2.05, 4.69) is 17.4 Å². The lowest BCUT2D eigenvalue weighted by Crippen LogP contribution is -3.14. The maximum Gasteiger partial charge on any atom is 0.127 e. The Kier molecular flexibility index (Phi) is 6.14. The molecule has 0 radical (unpaired) electrons. The lowest BCUT2D eigenvalue weighted by molar-refractivity contribution is -0.909. The summed E-state index contributed by atoms with van der Waals surface area (Å²) < 4.78 is 10.7. The van der Waals surface area contributed by atoms with Gasteiger partial charge < -0.3 is 19.7 Å². The number of rotatable bonds is 7. The Morgan fingerprint density at radius 1 is 1.26 bits per heavy atom. The van der Waals surface area contributed by atoms with Crippen LogP contribution in [0.25, 0.3) is 0 Å². The van der Waals surface area contributed by atoms with Gasteiger partial charge in [0.25, 0.3) is 0 Å². The predicted molar refractivity (Wildman–Crippen MR) is 74.5 cm³/mol. The minimum absolute atomic E-state index is 0.931. The zero-order chi connectivity index (χ0) is 13.3. The Morgan fingerprint density at radius 2 is 2.05 bits per heavy atom. The fourth-order valence-corrected chi connectivity index (χ4v) is 2.54. The Morgan fingerprint density at radius 3 is 2.84 bits per heavy atom. The van der Waals surface area contributed by atoms with Crippen molar-refractivity contribution in [3.8, 4) is 5.75 Å². The van der Waals surface area contributed by atoms with Crippen molar-refractivity contribution in [2.24, 2.45) is 0 Å². The van der Waals surface area contributed by atoms with Gasteiger partial charge in [-0.3, -0.25) is 0 Å². The molecule has 106 valence electrons. The molecule has 1 aromatic rings. The quantitative estimate of drug-likeness (QED) is 0.626. The van der Waals surface area contributed by atoms with Crippen LogP contribution in [0.1, 0.15) is 12.0 Å². The molecule has 0 aromatic heterocycles. The molecule has 0 spiro atoms. The van der Waals surface area contributed by atoms with E-state index < -0.39 is 0 Å².